The van der Waals surface area contributed by atoms with Crippen molar-refractivity contribution in [2.75, 3.05) is 45.7 Å². The van der Waals surface area contributed by atoms with Gasteiger partial charge in [-0.25, -0.2) is 14.8 Å². The molecule has 2 saturated heterocycles. The van der Waals surface area contributed by atoms with E-state index in [2.05, 4.69) is 47.8 Å². The second-order valence-electron chi connectivity index (χ2n) is 16.1. The smallest absolute Gasteiger partial charge is 0.410 e. The summed E-state index contributed by atoms with van der Waals surface area (Å²) in [5.41, 5.74) is 1.45. The Balaban J connectivity index is 1.35. The Morgan fingerprint density at radius 2 is 1.92 bits per heavy atom. The fourth-order valence-electron chi connectivity index (χ4n) is 7.93. The molecule has 5 heterocycles. The van der Waals surface area contributed by atoms with Crippen LogP contribution in [-0.2, 0) is 16.6 Å². The molecule has 0 bridgehead atoms. The lowest BCUT2D eigenvalue weighted by atomic mass is 9.71. The third-order valence-electron chi connectivity index (χ3n) is 10.4. The predicted octanol–water partition coefficient (Wildman–Crippen LogP) is 7.09. The van der Waals surface area contributed by atoms with Gasteiger partial charge in [0.25, 0.3) is 0 Å². The normalized spacial score (nSPS) is 24.5. The number of aliphatic imine (C=N–C) groups is 1. The van der Waals surface area contributed by atoms with Gasteiger partial charge >= 0.3 is 6.09 Å². The molecule has 1 amide bonds. The van der Waals surface area contributed by atoms with E-state index < -0.39 is 11.0 Å². The van der Waals surface area contributed by atoms with E-state index in [0.29, 0.717) is 42.1 Å². The number of ether oxygens (including phenoxy) is 2. The Morgan fingerprint density at radius 1 is 1.19 bits per heavy atom. The van der Waals surface area contributed by atoms with Gasteiger partial charge in [-0.1, -0.05) is 6.92 Å². The van der Waals surface area contributed by atoms with E-state index in [1.807, 2.05) is 64.6 Å². The minimum atomic E-state index is -0.573. The Kier molecular flexibility index (Phi) is 10.9. The summed E-state index contributed by atoms with van der Waals surface area (Å²) in [7, 11) is 6.01. The van der Waals surface area contributed by atoms with Gasteiger partial charge in [0.15, 0.2) is 5.82 Å². The first kappa shape index (κ1) is 37.9. The van der Waals surface area contributed by atoms with Crippen molar-refractivity contribution < 1.29 is 14.3 Å². The summed E-state index contributed by atoms with van der Waals surface area (Å²) < 4.78 is 17.3. The zero-order chi connectivity index (χ0) is 37.5. The van der Waals surface area contributed by atoms with Gasteiger partial charge in [-0.15, -0.1) is 11.3 Å². The summed E-state index contributed by atoms with van der Waals surface area (Å²) in [6.07, 6.45) is 6.48. The standard InChI is InChI=1S/C38H53N9O3S2/c1-23-20-46(21-24(2)47(23)36(48)50-37(4,5)6)31-18-32(49-25(3)28-13-12-16-45(28)10)42-34(41-31)27-17-30(52-43-27)38(7)15-11-14-29-33(38)26(19-39)35(51-29)40-22-44(8)9/h17-18,22-25,28H,11-16,20-21H2,1-10H3/b40-22+/t23-,24+,25-,28-,38+/m0/s1. The number of thiophene rings is 1. The number of nitrogens with zero attached hydrogens (tertiary/aromatic N) is 9. The maximum Gasteiger partial charge on any atom is 0.410 e. The summed E-state index contributed by atoms with van der Waals surface area (Å²) in [6, 6.07) is 6.62. The van der Waals surface area contributed by atoms with Crippen molar-refractivity contribution >= 4 is 46.1 Å². The number of nitriles is 1. The molecule has 0 spiro atoms. The zero-order valence-corrected chi connectivity index (χ0v) is 33.9. The number of fused-ring (bicyclic) bond motifs is 1. The third kappa shape index (κ3) is 7.77. The minimum absolute atomic E-state index is 0.0668. The van der Waals surface area contributed by atoms with Gasteiger partial charge in [-0.3, -0.25) is 9.80 Å². The maximum atomic E-state index is 13.2. The van der Waals surface area contributed by atoms with E-state index in [9.17, 15) is 10.1 Å². The third-order valence-corrected chi connectivity index (χ3v) is 12.6. The molecule has 0 radical (unpaired) electrons. The van der Waals surface area contributed by atoms with Gasteiger partial charge in [0.2, 0.25) is 5.88 Å². The number of piperazine rings is 1. The highest BCUT2D eigenvalue weighted by Gasteiger charge is 2.41. The minimum Gasteiger partial charge on any atom is -0.473 e. The summed E-state index contributed by atoms with van der Waals surface area (Å²) in [4.78, 5) is 38.5. The van der Waals surface area contributed by atoms with Crippen LogP contribution in [0.3, 0.4) is 0 Å². The Hall–Kier alpha value is -3.80. The Bertz CT molecular complexity index is 1830. The molecule has 2 fully saturated rings. The number of aryl methyl sites for hydroxylation is 1. The molecule has 0 unspecified atom stereocenters. The Labute approximate surface area is 316 Å². The van der Waals surface area contributed by atoms with Crippen molar-refractivity contribution in [3.05, 3.63) is 33.0 Å². The predicted molar refractivity (Wildman–Crippen MR) is 208 cm³/mol. The second-order valence-corrected chi connectivity index (χ2v) is 17.9. The first-order valence-electron chi connectivity index (χ1n) is 18.3. The van der Waals surface area contributed by atoms with E-state index in [0.717, 1.165) is 59.9 Å². The van der Waals surface area contributed by atoms with Crippen LogP contribution in [0.1, 0.15) is 95.0 Å². The topological polar surface area (TPSA) is 123 Å². The highest BCUT2D eigenvalue weighted by Crippen LogP contribution is 2.51. The van der Waals surface area contributed by atoms with Crippen molar-refractivity contribution in [2.45, 2.75) is 116 Å². The van der Waals surface area contributed by atoms with E-state index >= 15 is 0 Å². The molecule has 12 nitrogen and oxygen atoms in total. The first-order chi connectivity index (χ1) is 24.6. The van der Waals surface area contributed by atoms with Crippen LogP contribution in [0.25, 0.3) is 11.5 Å². The molecule has 280 valence electrons. The van der Waals surface area contributed by atoms with E-state index in [1.54, 1.807) is 17.7 Å². The molecule has 0 saturated carbocycles. The van der Waals surface area contributed by atoms with Crippen LogP contribution in [-0.4, -0.2) is 112 Å². The highest BCUT2D eigenvalue weighted by molar-refractivity contribution is 7.16. The number of aromatic nitrogens is 3. The van der Waals surface area contributed by atoms with E-state index in [-0.39, 0.29) is 24.3 Å². The quantitative estimate of drug-likeness (QED) is 0.174. The molecule has 0 aromatic carbocycles. The molecule has 3 aliphatic rings. The van der Waals surface area contributed by atoms with Crippen molar-refractivity contribution in [3.63, 3.8) is 0 Å². The SMILES string of the molecule is C[C@H](Oc1cc(N2C[C@@H](C)N(C(=O)OC(C)(C)C)[C@@H](C)C2)nc(-c2cc([C@@]3(C)CCCc4sc(/N=C/N(C)C)c(C#N)c43)sn2)n1)[C@@H]1CCCN1C. The lowest BCUT2D eigenvalue weighted by Gasteiger charge is -2.44. The van der Waals surface area contributed by atoms with E-state index in [4.69, 9.17) is 23.8 Å². The second kappa shape index (κ2) is 14.9. The van der Waals surface area contributed by atoms with Gasteiger partial charge in [0.05, 0.1) is 24.0 Å². The number of carbonyl (C=O) groups excluding carboxylic acids is 1. The van der Waals surface area contributed by atoms with Crippen molar-refractivity contribution in [3.8, 4) is 23.5 Å². The maximum absolute atomic E-state index is 13.2. The van der Waals surface area contributed by atoms with Crippen molar-refractivity contribution in [1.82, 2.24) is 29.0 Å². The van der Waals surface area contributed by atoms with Gasteiger partial charge in [0.1, 0.15) is 34.3 Å². The molecule has 3 aromatic heterocycles. The van der Waals surface area contributed by atoms with Gasteiger partial charge in [-0.2, -0.15) is 14.6 Å². The Morgan fingerprint density at radius 3 is 2.56 bits per heavy atom. The van der Waals surface area contributed by atoms with E-state index in [1.165, 1.54) is 16.4 Å². The monoisotopic (exact) mass is 747 g/mol. The van der Waals surface area contributed by atoms with Gasteiger partial charge < -0.3 is 19.3 Å². The number of amides is 1. The summed E-state index contributed by atoms with van der Waals surface area (Å²) >= 11 is 3.07. The summed E-state index contributed by atoms with van der Waals surface area (Å²) in [5.74, 6) is 1.75. The molecule has 0 N–H and O–H groups in total. The molecular formula is C38H53N9O3S2. The van der Waals surface area contributed by atoms with Gasteiger partial charge in [0, 0.05) is 54.5 Å². The first-order valence-corrected chi connectivity index (χ1v) is 19.9. The van der Waals surface area contributed by atoms with Crippen LogP contribution < -0.4 is 9.64 Å². The number of likely N-dealkylation sites (tertiary alicyclic amines) is 1. The van der Waals surface area contributed by atoms with Crippen LogP contribution in [0.5, 0.6) is 5.88 Å². The number of anilines is 1. The zero-order valence-electron chi connectivity index (χ0n) is 32.3. The average molecular weight is 748 g/mol. The fraction of sp³-hybridized carbons (Fsp3) is 0.632. The molecule has 2 aliphatic heterocycles. The summed E-state index contributed by atoms with van der Waals surface area (Å²) in [6.45, 7) is 16.3. The highest BCUT2D eigenvalue weighted by atomic mass is 32.1. The van der Waals surface area contributed by atoms with Gasteiger partial charge in [-0.05, 0) is 110 Å². The molecule has 3 aromatic rings. The van der Waals surface area contributed by atoms with Crippen molar-refractivity contribution in [1.29, 1.82) is 5.26 Å². The average Bonchev–Trinajstić information content (AvgIpc) is 3.81. The number of rotatable bonds is 8. The molecule has 1 aliphatic carbocycles. The lowest BCUT2D eigenvalue weighted by molar-refractivity contribution is 0.00558. The molecule has 5 atom stereocenters. The number of hydrogen-bond acceptors (Lipinski definition) is 12. The van der Waals surface area contributed by atoms with Crippen molar-refractivity contribution in [2.24, 2.45) is 4.99 Å². The fourth-order valence-corrected chi connectivity index (χ4v) is 10.1. The largest absolute Gasteiger partial charge is 0.473 e. The van der Waals surface area contributed by atoms with Crippen LogP contribution in [0.2, 0.25) is 0 Å². The van der Waals surface area contributed by atoms with Crippen LogP contribution in [0.15, 0.2) is 17.1 Å². The molecular weight excluding hydrogens is 695 g/mol. The van der Waals surface area contributed by atoms with Crippen LogP contribution in [0.4, 0.5) is 15.6 Å². The lowest BCUT2D eigenvalue weighted by Crippen LogP contribution is -2.59. The number of carbonyl (C=O) groups is 1. The van der Waals surface area contributed by atoms with Crippen LogP contribution >= 0.6 is 22.9 Å². The number of likely N-dealkylation sites (N-methyl/N-ethyl adjacent to an activating group) is 1. The molecule has 6 rings (SSSR count). The summed E-state index contributed by atoms with van der Waals surface area (Å²) in [5, 5.41) is 11.1. The molecule has 52 heavy (non-hydrogen) atoms. The number of hydrogen-bond donors (Lipinski definition) is 0. The van der Waals surface area contributed by atoms with Crippen LogP contribution in [0, 0.1) is 11.3 Å². The molecule has 14 heteroatoms.